The Morgan fingerprint density at radius 3 is 2.24 bits per heavy atom. The number of ether oxygens (including phenoxy) is 1. The first-order chi connectivity index (χ1) is 17.3. The molecule has 0 aromatic heterocycles. The lowest BCUT2D eigenvalue weighted by Gasteiger charge is -2.72. The summed E-state index contributed by atoms with van der Waals surface area (Å²) in [4.78, 5) is 24.6. The summed E-state index contributed by atoms with van der Waals surface area (Å²) in [7, 11) is 0. The topological polar surface area (TPSA) is 83.8 Å². The Morgan fingerprint density at radius 2 is 1.59 bits per heavy atom. The van der Waals surface area contributed by atoms with Gasteiger partial charge in [-0.15, -0.1) is 0 Å². The maximum atomic E-state index is 13.0. The van der Waals surface area contributed by atoms with Crippen molar-refractivity contribution in [3.05, 3.63) is 0 Å². The predicted octanol–water partition coefficient (Wildman–Crippen LogP) is 6.71. The first-order valence-electron chi connectivity index (χ1n) is 15.2. The smallest absolute Gasteiger partial charge is 0.309 e. The van der Waals surface area contributed by atoms with Crippen molar-refractivity contribution >= 4 is 11.9 Å². The van der Waals surface area contributed by atoms with Gasteiger partial charge < -0.3 is 14.9 Å². The number of carbonyl (C=O) groups is 2. The van der Waals surface area contributed by atoms with E-state index in [0.717, 1.165) is 31.6 Å². The summed E-state index contributed by atoms with van der Waals surface area (Å²) in [6, 6.07) is 0. The molecule has 5 saturated carbocycles. The van der Waals surface area contributed by atoms with Crippen LogP contribution in [-0.4, -0.2) is 35.4 Å². The minimum Gasteiger partial charge on any atom is -0.481 e. The molecule has 0 aromatic carbocycles. The molecule has 0 aromatic rings. The molecule has 0 aliphatic heterocycles. The molecular weight excluding hydrogens is 464 g/mol. The van der Waals surface area contributed by atoms with Crippen molar-refractivity contribution in [2.75, 3.05) is 13.2 Å². The van der Waals surface area contributed by atoms with Crippen molar-refractivity contribution < 1.29 is 24.5 Å². The van der Waals surface area contributed by atoms with Gasteiger partial charge in [-0.2, -0.15) is 0 Å². The van der Waals surface area contributed by atoms with E-state index in [1.807, 2.05) is 0 Å². The van der Waals surface area contributed by atoms with Gasteiger partial charge in [0.1, 0.15) is 0 Å². The fourth-order valence-electron chi connectivity index (χ4n) is 12.2. The molecule has 0 bridgehead atoms. The number of carboxylic acid groups (broad SMARTS) is 1. The fraction of sp³-hybridized carbons (Fsp3) is 0.938. The van der Waals surface area contributed by atoms with Crippen molar-refractivity contribution in [2.45, 2.75) is 112 Å². The summed E-state index contributed by atoms with van der Waals surface area (Å²) in [5.74, 6) is 0.783. The second-order valence-electron chi connectivity index (χ2n) is 15.4. The Morgan fingerprint density at radius 1 is 0.865 bits per heavy atom. The van der Waals surface area contributed by atoms with Crippen LogP contribution in [0, 0.1) is 62.6 Å². The highest BCUT2D eigenvalue weighted by Gasteiger charge is 2.71. The highest BCUT2D eigenvalue weighted by atomic mass is 16.5. The van der Waals surface area contributed by atoms with E-state index in [4.69, 9.17) is 4.74 Å². The van der Waals surface area contributed by atoms with Crippen LogP contribution in [0.15, 0.2) is 0 Å². The zero-order valence-electron chi connectivity index (χ0n) is 24.3. The van der Waals surface area contributed by atoms with Crippen LogP contribution in [0.1, 0.15) is 112 Å². The van der Waals surface area contributed by atoms with E-state index in [1.54, 1.807) is 0 Å². The third-order valence-electron chi connectivity index (χ3n) is 14.0. The van der Waals surface area contributed by atoms with E-state index in [1.165, 1.54) is 45.4 Å². The number of aliphatic hydroxyl groups is 1. The third kappa shape index (κ3) is 3.71. The monoisotopic (exact) mass is 516 g/mol. The Labute approximate surface area is 224 Å². The molecule has 5 nitrogen and oxygen atoms in total. The summed E-state index contributed by atoms with van der Waals surface area (Å²) < 4.78 is 5.39. The molecule has 37 heavy (non-hydrogen) atoms. The van der Waals surface area contributed by atoms with Crippen LogP contribution >= 0.6 is 0 Å². The molecule has 0 saturated heterocycles. The van der Waals surface area contributed by atoms with Gasteiger partial charge in [-0.3, -0.25) is 9.59 Å². The fourth-order valence-corrected chi connectivity index (χ4v) is 12.2. The SMILES string of the molecule is CC(=O)OCC(CO)C1CCC2(C(=O)O)CC[C@]3(C)C(CCC4C5(C)CCCC(C)(C)C5CCC43C)C12. The molecule has 5 fully saturated rings. The molecule has 5 aliphatic carbocycles. The number of carboxylic acids is 1. The largest absolute Gasteiger partial charge is 0.481 e. The van der Waals surface area contributed by atoms with E-state index in [0.29, 0.717) is 29.1 Å². The number of aliphatic carboxylic acids is 1. The third-order valence-corrected chi connectivity index (χ3v) is 14.0. The second kappa shape index (κ2) is 8.96. The molecule has 0 spiro atoms. The van der Waals surface area contributed by atoms with Crippen LogP contribution in [0.5, 0.6) is 0 Å². The standard InChI is InChI=1S/C32H52O5/c1-20(34)37-19-21(18-33)22-10-15-32(27(35)36)17-16-30(5)23(26(22)32)8-9-25-29(4)13-7-12-28(2,3)24(29)11-14-31(25,30)6/h21-26,33H,7-19H2,1-6H3,(H,35,36)/t21?,22?,23?,24?,25?,26?,29?,30-,31?,32?/m1/s1. The van der Waals surface area contributed by atoms with Crippen LogP contribution < -0.4 is 0 Å². The van der Waals surface area contributed by atoms with Crippen LogP contribution in [0.3, 0.4) is 0 Å². The molecule has 210 valence electrons. The number of esters is 1. The van der Waals surface area contributed by atoms with Crippen LogP contribution in [0.25, 0.3) is 0 Å². The Bertz CT molecular complexity index is 928. The van der Waals surface area contributed by atoms with Crippen LogP contribution in [-0.2, 0) is 14.3 Å². The summed E-state index contributed by atoms with van der Waals surface area (Å²) in [5.41, 5.74) is 0.368. The van der Waals surface area contributed by atoms with E-state index >= 15 is 0 Å². The number of carbonyl (C=O) groups excluding carboxylic acids is 1. The molecule has 5 rings (SSSR count). The first kappa shape index (κ1) is 27.5. The molecular formula is C32H52O5. The number of hydrogen-bond acceptors (Lipinski definition) is 4. The lowest BCUT2D eigenvalue weighted by atomic mass is 9.32. The van der Waals surface area contributed by atoms with E-state index in [2.05, 4.69) is 34.6 Å². The van der Waals surface area contributed by atoms with Crippen LogP contribution in [0.2, 0.25) is 0 Å². The van der Waals surface area contributed by atoms with Gasteiger partial charge in [-0.1, -0.05) is 41.0 Å². The van der Waals surface area contributed by atoms with Crippen molar-refractivity contribution in [1.82, 2.24) is 0 Å². The average Bonchev–Trinajstić information content (AvgIpc) is 3.20. The van der Waals surface area contributed by atoms with Gasteiger partial charge in [0.05, 0.1) is 12.0 Å². The van der Waals surface area contributed by atoms with Crippen molar-refractivity contribution in [3.8, 4) is 0 Å². The van der Waals surface area contributed by atoms with Crippen LogP contribution in [0.4, 0.5) is 0 Å². The molecule has 0 amide bonds. The highest BCUT2D eigenvalue weighted by molar-refractivity contribution is 5.76. The van der Waals surface area contributed by atoms with Gasteiger partial charge >= 0.3 is 11.9 Å². The normalized spacial score (nSPS) is 49.1. The van der Waals surface area contributed by atoms with Gasteiger partial charge in [0.15, 0.2) is 0 Å². The Balaban J connectivity index is 1.53. The summed E-state index contributed by atoms with van der Waals surface area (Å²) in [6.45, 7) is 14.3. The molecule has 5 aliphatic rings. The Hall–Kier alpha value is -1.10. The second-order valence-corrected chi connectivity index (χ2v) is 15.4. The molecule has 0 radical (unpaired) electrons. The maximum absolute atomic E-state index is 13.0. The number of aliphatic hydroxyl groups excluding tert-OH is 1. The Kier molecular flexibility index (Phi) is 6.65. The summed E-state index contributed by atoms with van der Waals surface area (Å²) >= 11 is 0. The van der Waals surface area contributed by atoms with E-state index < -0.39 is 11.4 Å². The number of hydrogen-bond donors (Lipinski definition) is 2. The zero-order valence-corrected chi connectivity index (χ0v) is 24.3. The van der Waals surface area contributed by atoms with Crippen molar-refractivity contribution in [2.24, 2.45) is 62.6 Å². The minimum atomic E-state index is -0.699. The highest BCUT2D eigenvalue weighted by Crippen LogP contribution is 2.77. The van der Waals surface area contributed by atoms with Crippen molar-refractivity contribution in [3.63, 3.8) is 0 Å². The lowest BCUT2D eigenvalue weighted by molar-refractivity contribution is -0.240. The molecule has 9 unspecified atom stereocenters. The van der Waals surface area contributed by atoms with Gasteiger partial charge in [-0.05, 0) is 115 Å². The summed E-state index contributed by atoms with van der Waals surface area (Å²) in [5, 5.41) is 21.0. The van der Waals surface area contributed by atoms with Gasteiger partial charge in [0, 0.05) is 19.4 Å². The zero-order chi connectivity index (χ0) is 27.0. The summed E-state index contributed by atoms with van der Waals surface area (Å²) in [6.07, 6.45) is 12.1. The first-order valence-corrected chi connectivity index (χ1v) is 15.2. The predicted molar refractivity (Wildman–Crippen MR) is 144 cm³/mol. The van der Waals surface area contributed by atoms with Gasteiger partial charge in [-0.25, -0.2) is 0 Å². The lowest BCUT2D eigenvalue weighted by Crippen LogP contribution is -2.66. The molecule has 10 atom stereocenters. The number of fused-ring (bicyclic) bond motifs is 7. The molecule has 0 heterocycles. The van der Waals surface area contributed by atoms with Gasteiger partial charge in [0.2, 0.25) is 0 Å². The quantitative estimate of drug-likeness (QED) is 0.397. The minimum absolute atomic E-state index is 0.0440. The molecule has 5 heteroatoms. The van der Waals surface area contributed by atoms with E-state index in [-0.39, 0.29) is 47.8 Å². The van der Waals surface area contributed by atoms with Gasteiger partial charge in [0.25, 0.3) is 0 Å². The molecule has 2 N–H and O–H groups in total. The number of rotatable bonds is 5. The van der Waals surface area contributed by atoms with Crippen molar-refractivity contribution in [1.29, 1.82) is 0 Å². The van der Waals surface area contributed by atoms with E-state index in [9.17, 15) is 19.8 Å². The maximum Gasteiger partial charge on any atom is 0.309 e. The average molecular weight is 517 g/mol.